The molecule has 0 aromatic heterocycles. The third-order valence-electron chi connectivity index (χ3n) is 3.81. The molecule has 1 aromatic rings. The standard InChI is InChI=1S/C17H27N3O3/c1-3-22-15-4-6-16(7-5-15)23-11-9-19-17(21)13-20-10-8-18-12-14(20)2/h4-7,14,18H,3,8-13H2,1-2H3,(H,19,21)/t14-/m1/s1. The second kappa shape index (κ2) is 9.37. The predicted molar refractivity (Wildman–Crippen MR) is 90.0 cm³/mol. The zero-order valence-corrected chi connectivity index (χ0v) is 14.0. The van der Waals surface area contributed by atoms with E-state index in [1.54, 1.807) is 0 Å². The van der Waals surface area contributed by atoms with E-state index in [1.807, 2.05) is 31.2 Å². The average molecular weight is 321 g/mol. The van der Waals surface area contributed by atoms with Crippen LogP contribution in [0.25, 0.3) is 0 Å². The average Bonchev–Trinajstić information content (AvgIpc) is 2.55. The second-order valence-electron chi connectivity index (χ2n) is 5.63. The molecule has 0 unspecified atom stereocenters. The van der Waals surface area contributed by atoms with Crippen LogP contribution < -0.4 is 20.1 Å². The molecule has 2 rings (SSSR count). The van der Waals surface area contributed by atoms with Gasteiger partial charge in [0.05, 0.1) is 19.7 Å². The van der Waals surface area contributed by atoms with Crippen molar-refractivity contribution in [2.75, 3.05) is 45.9 Å². The Kier molecular flexibility index (Phi) is 7.16. The van der Waals surface area contributed by atoms with E-state index in [0.29, 0.717) is 32.3 Å². The molecule has 1 atom stereocenters. The van der Waals surface area contributed by atoms with Crippen LogP contribution in [0.1, 0.15) is 13.8 Å². The molecule has 1 fully saturated rings. The van der Waals surface area contributed by atoms with Gasteiger partial charge >= 0.3 is 0 Å². The Hall–Kier alpha value is -1.79. The maximum absolute atomic E-state index is 11.9. The number of benzene rings is 1. The van der Waals surface area contributed by atoms with Gasteiger partial charge in [0.25, 0.3) is 0 Å². The van der Waals surface area contributed by atoms with Crippen molar-refractivity contribution in [2.24, 2.45) is 0 Å². The molecule has 6 heteroatoms. The lowest BCUT2D eigenvalue weighted by atomic mass is 10.2. The van der Waals surface area contributed by atoms with E-state index in [-0.39, 0.29) is 5.91 Å². The van der Waals surface area contributed by atoms with Crippen LogP contribution in [0.5, 0.6) is 11.5 Å². The molecule has 0 saturated carbocycles. The number of nitrogens with one attached hydrogen (secondary N) is 2. The fraction of sp³-hybridized carbons (Fsp3) is 0.588. The van der Waals surface area contributed by atoms with Crippen LogP contribution in [-0.4, -0.2) is 62.8 Å². The molecule has 1 amide bonds. The van der Waals surface area contributed by atoms with Gasteiger partial charge in [0.1, 0.15) is 18.1 Å². The quantitative estimate of drug-likeness (QED) is 0.696. The molecule has 6 nitrogen and oxygen atoms in total. The van der Waals surface area contributed by atoms with Gasteiger partial charge in [-0.15, -0.1) is 0 Å². The van der Waals surface area contributed by atoms with Crippen LogP contribution >= 0.6 is 0 Å². The molecule has 0 aliphatic carbocycles. The molecule has 0 radical (unpaired) electrons. The molecule has 1 aliphatic heterocycles. The summed E-state index contributed by atoms with van der Waals surface area (Å²) in [4.78, 5) is 14.1. The van der Waals surface area contributed by atoms with Gasteiger partial charge in [0.2, 0.25) is 5.91 Å². The highest BCUT2D eigenvalue weighted by molar-refractivity contribution is 5.78. The number of ether oxygens (including phenoxy) is 2. The molecular weight excluding hydrogens is 294 g/mol. The Morgan fingerprint density at radius 2 is 2.00 bits per heavy atom. The van der Waals surface area contributed by atoms with Crippen molar-refractivity contribution in [3.8, 4) is 11.5 Å². The fourth-order valence-electron chi connectivity index (χ4n) is 2.52. The normalized spacial score (nSPS) is 18.4. The van der Waals surface area contributed by atoms with Crippen molar-refractivity contribution in [3.63, 3.8) is 0 Å². The summed E-state index contributed by atoms with van der Waals surface area (Å²) in [5, 5.41) is 6.22. The highest BCUT2D eigenvalue weighted by atomic mass is 16.5. The first-order valence-electron chi connectivity index (χ1n) is 8.26. The molecule has 1 heterocycles. The summed E-state index contributed by atoms with van der Waals surface area (Å²) in [5.74, 6) is 1.66. The topological polar surface area (TPSA) is 62.8 Å². The molecule has 1 aromatic carbocycles. The minimum absolute atomic E-state index is 0.0500. The van der Waals surface area contributed by atoms with E-state index >= 15 is 0 Å². The molecule has 128 valence electrons. The summed E-state index contributed by atoms with van der Waals surface area (Å²) >= 11 is 0. The van der Waals surface area contributed by atoms with Gasteiger partial charge in [-0.1, -0.05) is 0 Å². The summed E-state index contributed by atoms with van der Waals surface area (Å²) in [6.07, 6.45) is 0. The molecular formula is C17H27N3O3. The zero-order chi connectivity index (χ0) is 16.5. The smallest absolute Gasteiger partial charge is 0.234 e. The van der Waals surface area contributed by atoms with E-state index in [2.05, 4.69) is 22.5 Å². The Morgan fingerprint density at radius 3 is 2.65 bits per heavy atom. The second-order valence-corrected chi connectivity index (χ2v) is 5.63. The lowest BCUT2D eigenvalue weighted by Gasteiger charge is -2.33. The number of piperazine rings is 1. The van der Waals surface area contributed by atoms with E-state index in [9.17, 15) is 4.79 Å². The summed E-state index contributed by atoms with van der Waals surface area (Å²) in [6, 6.07) is 7.89. The Morgan fingerprint density at radius 1 is 1.30 bits per heavy atom. The molecule has 1 saturated heterocycles. The number of carbonyl (C=O) groups is 1. The highest BCUT2D eigenvalue weighted by Crippen LogP contribution is 2.17. The van der Waals surface area contributed by atoms with Gasteiger partial charge in [-0.05, 0) is 38.1 Å². The van der Waals surface area contributed by atoms with Crippen molar-refractivity contribution < 1.29 is 14.3 Å². The van der Waals surface area contributed by atoms with Gasteiger partial charge < -0.3 is 20.1 Å². The number of hydrogen-bond donors (Lipinski definition) is 2. The molecule has 0 spiro atoms. The van der Waals surface area contributed by atoms with Crippen molar-refractivity contribution >= 4 is 5.91 Å². The van der Waals surface area contributed by atoms with Crippen molar-refractivity contribution in [1.29, 1.82) is 0 Å². The number of hydrogen-bond acceptors (Lipinski definition) is 5. The molecule has 1 aliphatic rings. The molecule has 0 bridgehead atoms. The van der Waals surface area contributed by atoms with Crippen LogP contribution in [0.2, 0.25) is 0 Å². The third-order valence-corrected chi connectivity index (χ3v) is 3.81. The van der Waals surface area contributed by atoms with Crippen LogP contribution in [0.3, 0.4) is 0 Å². The molecule has 2 N–H and O–H groups in total. The summed E-state index contributed by atoms with van der Waals surface area (Å²) in [6.45, 7) is 8.94. The zero-order valence-electron chi connectivity index (χ0n) is 14.0. The maximum Gasteiger partial charge on any atom is 0.234 e. The van der Waals surface area contributed by atoms with Gasteiger partial charge in [-0.2, -0.15) is 0 Å². The SMILES string of the molecule is CCOc1ccc(OCCNC(=O)CN2CCNC[C@H]2C)cc1. The third kappa shape index (κ3) is 6.08. The van der Waals surface area contributed by atoms with Crippen LogP contribution in [0, 0.1) is 0 Å². The number of rotatable bonds is 8. The number of carbonyl (C=O) groups excluding carboxylic acids is 1. The fourth-order valence-corrected chi connectivity index (χ4v) is 2.52. The summed E-state index contributed by atoms with van der Waals surface area (Å²) in [5.41, 5.74) is 0. The lowest BCUT2D eigenvalue weighted by Crippen LogP contribution is -2.52. The van der Waals surface area contributed by atoms with Crippen molar-refractivity contribution in [2.45, 2.75) is 19.9 Å². The summed E-state index contributed by atoms with van der Waals surface area (Å²) in [7, 11) is 0. The first-order valence-corrected chi connectivity index (χ1v) is 8.26. The first kappa shape index (κ1) is 17.6. The van der Waals surface area contributed by atoms with Crippen molar-refractivity contribution in [1.82, 2.24) is 15.5 Å². The Labute approximate surface area is 138 Å². The van der Waals surface area contributed by atoms with Crippen LogP contribution in [0.4, 0.5) is 0 Å². The Bertz CT molecular complexity index is 478. The first-order chi connectivity index (χ1) is 11.2. The van der Waals surface area contributed by atoms with Gasteiger partial charge in [-0.25, -0.2) is 0 Å². The van der Waals surface area contributed by atoms with Gasteiger partial charge in [0, 0.05) is 25.7 Å². The van der Waals surface area contributed by atoms with E-state index in [1.165, 1.54) is 0 Å². The maximum atomic E-state index is 11.9. The van der Waals surface area contributed by atoms with Crippen LogP contribution in [-0.2, 0) is 4.79 Å². The van der Waals surface area contributed by atoms with E-state index in [4.69, 9.17) is 9.47 Å². The van der Waals surface area contributed by atoms with Gasteiger partial charge in [-0.3, -0.25) is 9.69 Å². The number of nitrogens with zero attached hydrogens (tertiary/aromatic N) is 1. The van der Waals surface area contributed by atoms with Crippen LogP contribution in [0.15, 0.2) is 24.3 Å². The van der Waals surface area contributed by atoms with Crippen molar-refractivity contribution in [3.05, 3.63) is 24.3 Å². The largest absolute Gasteiger partial charge is 0.494 e. The monoisotopic (exact) mass is 321 g/mol. The van der Waals surface area contributed by atoms with Gasteiger partial charge in [0.15, 0.2) is 0 Å². The lowest BCUT2D eigenvalue weighted by molar-refractivity contribution is -0.123. The summed E-state index contributed by atoms with van der Waals surface area (Å²) < 4.78 is 11.0. The minimum Gasteiger partial charge on any atom is -0.494 e. The predicted octanol–water partition coefficient (Wildman–Crippen LogP) is 0.874. The Balaban J connectivity index is 1.61. The van der Waals surface area contributed by atoms with E-state index < -0.39 is 0 Å². The number of amides is 1. The highest BCUT2D eigenvalue weighted by Gasteiger charge is 2.19. The molecule has 23 heavy (non-hydrogen) atoms. The van der Waals surface area contributed by atoms with E-state index in [0.717, 1.165) is 31.1 Å². The minimum atomic E-state index is 0.0500.